The van der Waals surface area contributed by atoms with E-state index in [1.54, 1.807) is 12.1 Å². The molecule has 0 saturated carbocycles. The van der Waals surface area contributed by atoms with Crippen molar-refractivity contribution in [2.75, 3.05) is 6.54 Å². The summed E-state index contributed by atoms with van der Waals surface area (Å²) in [4.78, 5) is 1.25. The second-order valence-corrected chi connectivity index (χ2v) is 16.3. The second kappa shape index (κ2) is 17.2. The molecule has 0 aromatic heterocycles. The van der Waals surface area contributed by atoms with Crippen LogP contribution in [0.2, 0.25) is 0 Å². The molecule has 2 aromatic rings. The maximum absolute atomic E-state index is 12.6. The Bertz CT molecular complexity index is 953. The smallest absolute Gasteiger partial charge is 0.872 e. The summed E-state index contributed by atoms with van der Waals surface area (Å²) >= 11 is 1.31. The molecule has 1 radical (unpaired) electrons. The molecular formula is C36H58NNiO2S. The molecule has 0 saturated heterocycles. The number of hydrogen-bond acceptors (Lipinski definition) is 3. The molecule has 2 rings (SSSR count). The summed E-state index contributed by atoms with van der Waals surface area (Å²) in [5.74, 6) is -0.0573. The van der Waals surface area contributed by atoms with Crippen LogP contribution in [0.15, 0.2) is 46.2 Å². The van der Waals surface area contributed by atoms with Gasteiger partial charge in [0.25, 0.3) is 0 Å². The van der Waals surface area contributed by atoms with Gasteiger partial charge in [0.2, 0.25) is 0 Å². The molecule has 0 atom stereocenters. The van der Waals surface area contributed by atoms with Crippen molar-refractivity contribution < 1.29 is 26.7 Å². The van der Waals surface area contributed by atoms with Crippen LogP contribution in [-0.2, 0) is 27.3 Å². The molecule has 41 heavy (non-hydrogen) atoms. The normalized spacial score (nSPS) is 12.4. The fourth-order valence-corrected chi connectivity index (χ4v) is 6.84. The summed E-state index contributed by atoms with van der Waals surface area (Å²) < 4.78 is 0. The number of rotatable bonds is 12. The molecule has 0 unspecified atom stereocenters. The SMILES string of the molecule is CC(C)(C)CC(C)(C)c1ccc([O-])c(Sc2cc(C(C)(C)CC(C)(C)C)ccc2[O-])c1.CCCCCCCC[NH-].[Ni+3]. The minimum atomic E-state index is -0.0574. The fourth-order valence-electron chi connectivity index (χ4n) is 5.90. The van der Waals surface area contributed by atoms with Gasteiger partial charge in [-0.25, -0.2) is 0 Å². The van der Waals surface area contributed by atoms with Crippen molar-refractivity contribution in [2.24, 2.45) is 10.8 Å². The van der Waals surface area contributed by atoms with Crippen LogP contribution in [0.5, 0.6) is 11.5 Å². The van der Waals surface area contributed by atoms with Crippen molar-refractivity contribution in [3.63, 3.8) is 0 Å². The van der Waals surface area contributed by atoms with Gasteiger partial charge < -0.3 is 15.9 Å². The molecule has 0 amide bonds. The van der Waals surface area contributed by atoms with E-state index in [2.05, 4.69) is 76.2 Å². The number of nitrogens with one attached hydrogen (secondary N) is 1. The average molecular weight is 628 g/mol. The Morgan fingerprint density at radius 3 is 1.32 bits per heavy atom. The predicted molar refractivity (Wildman–Crippen MR) is 173 cm³/mol. The van der Waals surface area contributed by atoms with E-state index in [0.29, 0.717) is 16.3 Å². The van der Waals surface area contributed by atoms with Crippen LogP contribution in [-0.4, -0.2) is 6.54 Å². The minimum Gasteiger partial charge on any atom is -0.872 e. The molecule has 5 heteroatoms. The Morgan fingerprint density at radius 2 is 0.976 bits per heavy atom. The van der Waals surface area contributed by atoms with E-state index in [-0.39, 0.29) is 49.7 Å². The van der Waals surface area contributed by atoms with Gasteiger partial charge in [0.1, 0.15) is 0 Å². The number of benzene rings is 2. The summed E-state index contributed by atoms with van der Waals surface area (Å²) in [5.41, 5.74) is 9.41. The third-order valence-corrected chi connectivity index (χ3v) is 8.22. The first-order valence-electron chi connectivity index (χ1n) is 15.3. The molecule has 0 aliphatic carbocycles. The molecule has 0 bridgehead atoms. The second-order valence-electron chi connectivity index (χ2n) is 15.2. The van der Waals surface area contributed by atoms with Gasteiger partial charge in [0, 0.05) is 9.79 Å². The first-order valence-corrected chi connectivity index (χ1v) is 16.1. The van der Waals surface area contributed by atoms with E-state index in [0.717, 1.165) is 30.4 Å². The van der Waals surface area contributed by atoms with E-state index in [4.69, 9.17) is 5.73 Å². The third kappa shape index (κ3) is 15.2. The molecule has 3 nitrogen and oxygen atoms in total. The zero-order valence-electron chi connectivity index (χ0n) is 27.9. The van der Waals surface area contributed by atoms with Crippen LogP contribution < -0.4 is 10.2 Å². The predicted octanol–water partition coefficient (Wildman–Crippen LogP) is 10.8. The monoisotopic (exact) mass is 626 g/mol. The standard InChI is InChI=1S/C28H42O2S.C8H18N.Ni/c1-25(2,3)17-27(7,8)19-11-13-21(29)23(15-19)31-24-16-20(12-14-22(24)30)28(9,10)18-26(4,5)6;1-2-3-4-5-6-7-8-9;/h11-16,29-30H,17-18H2,1-10H3;9H,2-8H2,1H3;/q;-1;+3/p-2. The van der Waals surface area contributed by atoms with Crippen LogP contribution in [0.1, 0.15) is 139 Å². The molecular weight excluding hydrogens is 569 g/mol. The Balaban J connectivity index is 0.00000138. The van der Waals surface area contributed by atoms with Gasteiger partial charge in [-0.2, -0.15) is 6.54 Å². The Hall–Kier alpha value is -1.16. The van der Waals surface area contributed by atoms with Gasteiger partial charge in [-0.3, -0.25) is 0 Å². The fraction of sp³-hybridized carbons (Fsp3) is 0.667. The van der Waals surface area contributed by atoms with Crippen molar-refractivity contribution in [1.82, 2.24) is 0 Å². The molecule has 0 heterocycles. The first kappa shape index (κ1) is 39.8. The quantitative estimate of drug-likeness (QED) is 0.174. The molecule has 0 fully saturated rings. The van der Waals surface area contributed by atoms with Crippen LogP contribution in [0.4, 0.5) is 0 Å². The summed E-state index contributed by atoms with van der Waals surface area (Å²) in [7, 11) is 0. The Kier molecular flexibility index (Phi) is 16.7. The van der Waals surface area contributed by atoms with Crippen molar-refractivity contribution >= 4 is 11.8 Å². The van der Waals surface area contributed by atoms with Crippen molar-refractivity contribution in [2.45, 2.75) is 148 Å². The summed E-state index contributed by atoms with van der Waals surface area (Å²) in [5, 5.41) is 25.3. The zero-order chi connectivity index (χ0) is 30.8. The van der Waals surface area contributed by atoms with Gasteiger partial charge >= 0.3 is 16.5 Å². The van der Waals surface area contributed by atoms with Crippen molar-refractivity contribution in [3.05, 3.63) is 53.3 Å². The summed E-state index contributed by atoms with van der Waals surface area (Å²) in [6.07, 6.45) is 9.78. The zero-order valence-corrected chi connectivity index (χ0v) is 29.7. The van der Waals surface area contributed by atoms with Crippen LogP contribution in [0, 0.1) is 10.8 Å². The van der Waals surface area contributed by atoms with Crippen LogP contribution in [0.25, 0.3) is 5.73 Å². The molecule has 1 N–H and O–H groups in total. The molecule has 2 aromatic carbocycles. The van der Waals surface area contributed by atoms with Gasteiger partial charge in [-0.05, 0) is 57.8 Å². The van der Waals surface area contributed by atoms with Crippen molar-refractivity contribution in [1.29, 1.82) is 0 Å². The van der Waals surface area contributed by atoms with E-state index in [1.807, 2.05) is 24.3 Å². The number of hydrogen-bond donors (Lipinski definition) is 0. The Morgan fingerprint density at radius 1 is 0.610 bits per heavy atom. The topological polar surface area (TPSA) is 69.9 Å². The maximum Gasteiger partial charge on any atom is 3.00 e. The van der Waals surface area contributed by atoms with E-state index in [9.17, 15) is 10.2 Å². The summed E-state index contributed by atoms with van der Waals surface area (Å²) in [6.45, 7) is 25.2. The van der Waals surface area contributed by atoms with E-state index < -0.39 is 0 Å². The first-order chi connectivity index (χ1) is 18.3. The van der Waals surface area contributed by atoms with E-state index >= 15 is 0 Å². The Labute approximate surface area is 267 Å². The molecule has 0 aliphatic rings. The summed E-state index contributed by atoms with van der Waals surface area (Å²) in [6, 6.07) is 11.2. The van der Waals surface area contributed by atoms with Crippen molar-refractivity contribution in [3.8, 4) is 11.5 Å². The van der Waals surface area contributed by atoms with Gasteiger partial charge in [-0.15, -0.1) is 0 Å². The molecule has 235 valence electrons. The molecule has 0 aliphatic heterocycles. The van der Waals surface area contributed by atoms with Crippen LogP contribution in [0.3, 0.4) is 0 Å². The number of unbranched alkanes of at least 4 members (excludes halogenated alkanes) is 5. The average Bonchev–Trinajstić information content (AvgIpc) is 2.79. The third-order valence-electron chi connectivity index (χ3n) is 7.15. The maximum atomic E-state index is 12.6. The van der Waals surface area contributed by atoms with Crippen LogP contribution >= 0.6 is 11.8 Å². The largest absolute Gasteiger partial charge is 3.00 e. The molecule has 0 spiro atoms. The minimum absolute atomic E-state index is 0. The van der Waals surface area contributed by atoms with Gasteiger partial charge in [-0.1, -0.05) is 162 Å². The van der Waals surface area contributed by atoms with E-state index in [1.165, 1.54) is 43.9 Å². The van der Waals surface area contributed by atoms with Gasteiger partial charge in [0.15, 0.2) is 0 Å². The van der Waals surface area contributed by atoms with Gasteiger partial charge in [0.05, 0.1) is 0 Å².